The molecule has 4 heteroatoms. The molecule has 1 aliphatic heterocycles. The summed E-state index contributed by atoms with van der Waals surface area (Å²) in [5.41, 5.74) is 1.23. The van der Waals surface area contributed by atoms with Crippen LogP contribution in [-0.4, -0.2) is 19.4 Å². The minimum absolute atomic E-state index is 0.377. The van der Waals surface area contributed by atoms with Gasteiger partial charge < -0.3 is 10.1 Å². The van der Waals surface area contributed by atoms with Gasteiger partial charge in [0.25, 0.3) is 0 Å². The smallest absolute Gasteiger partial charge is 0.137 e. The summed E-state index contributed by atoms with van der Waals surface area (Å²) in [7, 11) is 1.63. The third-order valence-electron chi connectivity index (χ3n) is 2.41. The molecule has 0 spiro atoms. The van der Waals surface area contributed by atoms with Gasteiger partial charge in [-0.05, 0) is 36.4 Å². The van der Waals surface area contributed by atoms with Gasteiger partial charge in [0, 0.05) is 0 Å². The fourth-order valence-electron chi connectivity index (χ4n) is 1.63. The summed E-state index contributed by atoms with van der Waals surface area (Å²) < 4.78 is 5.13. The minimum Gasteiger partial charge on any atom is -0.495 e. The molecular formula is C11H14ClNOS. The number of hydrogen-bond acceptors (Lipinski definition) is 3. The first-order valence-electron chi connectivity index (χ1n) is 4.99. The molecule has 1 aliphatic rings. The zero-order valence-electron chi connectivity index (χ0n) is 8.63. The topological polar surface area (TPSA) is 21.3 Å². The Morgan fingerprint density at radius 1 is 1.53 bits per heavy atom. The highest BCUT2D eigenvalue weighted by Crippen LogP contribution is 2.33. The van der Waals surface area contributed by atoms with Crippen LogP contribution in [0, 0.1) is 0 Å². The number of hydrogen-bond donors (Lipinski definition) is 1. The second kappa shape index (κ2) is 5.10. The average Bonchev–Trinajstić information content (AvgIpc) is 2.30. The second-order valence-electron chi connectivity index (χ2n) is 3.45. The first-order valence-corrected chi connectivity index (χ1v) is 6.42. The van der Waals surface area contributed by atoms with Crippen LogP contribution >= 0.6 is 23.4 Å². The van der Waals surface area contributed by atoms with Crippen LogP contribution in [0.25, 0.3) is 0 Å². The van der Waals surface area contributed by atoms with Gasteiger partial charge >= 0.3 is 0 Å². The van der Waals surface area contributed by atoms with E-state index in [-0.39, 0.29) is 0 Å². The summed E-state index contributed by atoms with van der Waals surface area (Å²) in [5, 5.41) is 4.52. The van der Waals surface area contributed by atoms with Crippen molar-refractivity contribution in [3.8, 4) is 5.75 Å². The van der Waals surface area contributed by atoms with Gasteiger partial charge in [0.05, 0.1) is 17.5 Å². The zero-order chi connectivity index (χ0) is 10.7. The van der Waals surface area contributed by atoms with E-state index >= 15 is 0 Å². The Labute approximate surface area is 99.3 Å². The standard InChI is InChI=1S/C11H14ClNOS/c1-14-10-4-3-8(7-9(10)12)11-13-5-2-6-15-11/h3-4,7,11,13H,2,5-6H2,1H3. The molecule has 1 heterocycles. The van der Waals surface area contributed by atoms with E-state index in [9.17, 15) is 0 Å². The van der Waals surface area contributed by atoms with E-state index in [0.29, 0.717) is 10.4 Å². The lowest BCUT2D eigenvalue weighted by atomic mass is 10.2. The fraction of sp³-hybridized carbons (Fsp3) is 0.455. The molecule has 1 aromatic carbocycles. The van der Waals surface area contributed by atoms with Crippen molar-refractivity contribution in [3.05, 3.63) is 28.8 Å². The zero-order valence-corrected chi connectivity index (χ0v) is 10.2. The molecule has 0 radical (unpaired) electrons. The number of halogens is 1. The number of rotatable bonds is 2. The van der Waals surface area contributed by atoms with Gasteiger partial charge in [-0.3, -0.25) is 0 Å². The van der Waals surface area contributed by atoms with Crippen molar-refractivity contribution in [2.45, 2.75) is 11.8 Å². The lowest BCUT2D eigenvalue weighted by Crippen LogP contribution is -2.25. The molecule has 0 aliphatic carbocycles. The average molecular weight is 244 g/mol. The highest BCUT2D eigenvalue weighted by atomic mass is 35.5. The molecule has 82 valence electrons. The van der Waals surface area contributed by atoms with Crippen LogP contribution in [0.4, 0.5) is 0 Å². The van der Waals surface area contributed by atoms with Crippen LogP contribution in [-0.2, 0) is 0 Å². The van der Waals surface area contributed by atoms with Crippen LogP contribution in [0.3, 0.4) is 0 Å². The van der Waals surface area contributed by atoms with Gasteiger partial charge in [0.15, 0.2) is 0 Å². The lowest BCUT2D eigenvalue weighted by molar-refractivity contribution is 0.415. The SMILES string of the molecule is COc1ccc(C2NCCCS2)cc1Cl. The van der Waals surface area contributed by atoms with E-state index in [0.717, 1.165) is 12.3 Å². The van der Waals surface area contributed by atoms with Crippen LogP contribution < -0.4 is 10.1 Å². The van der Waals surface area contributed by atoms with E-state index in [4.69, 9.17) is 16.3 Å². The summed E-state index contributed by atoms with van der Waals surface area (Å²) in [6, 6.07) is 5.98. The molecule has 1 unspecified atom stereocenters. The normalized spacial score (nSPS) is 21.3. The molecular weight excluding hydrogens is 230 g/mol. The van der Waals surface area contributed by atoms with E-state index in [2.05, 4.69) is 11.4 Å². The van der Waals surface area contributed by atoms with Gasteiger partial charge in [0.1, 0.15) is 5.75 Å². The van der Waals surface area contributed by atoms with Crippen molar-refractivity contribution in [1.82, 2.24) is 5.32 Å². The third kappa shape index (κ3) is 2.60. The number of ether oxygens (including phenoxy) is 1. The molecule has 1 fully saturated rings. The first-order chi connectivity index (χ1) is 7.31. The maximum Gasteiger partial charge on any atom is 0.137 e. The summed E-state index contributed by atoms with van der Waals surface area (Å²) in [4.78, 5) is 0. The summed E-state index contributed by atoms with van der Waals surface area (Å²) in [6.07, 6.45) is 1.24. The van der Waals surface area contributed by atoms with Gasteiger partial charge in [0.2, 0.25) is 0 Å². The van der Waals surface area contributed by atoms with Gasteiger partial charge in [-0.2, -0.15) is 0 Å². The molecule has 0 bridgehead atoms. The van der Waals surface area contributed by atoms with Crippen molar-refractivity contribution < 1.29 is 4.74 Å². The molecule has 1 atom stereocenters. The second-order valence-corrected chi connectivity index (χ2v) is 5.07. The predicted molar refractivity (Wildman–Crippen MR) is 65.8 cm³/mol. The molecule has 0 amide bonds. The molecule has 0 aromatic heterocycles. The van der Waals surface area contributed by atoms with Crippen LogP contribution in [0.5, 0.6) is 5.75 Å². The lowest BCUT2D eigenvalue weighted by Gasteiger charge is -2.23. The summed E-state index contributed by atoms with van der Waals surface area (Å²) in [5.74, 6) is 1.95. The minimum atomic E-state index is 0.377. The van der Waals surface area contributed by atoms with Crippen molar-refractivity contribution in [1.29, 1.82) is 0 Å². The van der Waals surface area contributed by atoms with Crippen molar-refractivity contribution in [3.63, 3.8) is 0 Å². The molecule has 1 N–H and O–H groups in total. The number of nitrogens with one attached hydrogen (secondary N) is 1. The van der Waals surface area contributed by atoms with Crippen LogP contribution in [0.2, 0.25) is 5.02 Å². The van der Waals surface area contributed by atoms with E-state index in [1.54, 1.807) is 7.11 Å². The Bertz CT molecular complexity index is 339. The Hall–Kier alpha value is -0.380. The van der Waals surface area contributed by atoms with Gasteiger partial charge in [-0.1, -0.05) is 17.7 Å². The highest BCUT2D eigenvalue weighted by Gasteiger charge is 2.16. The van der Waals surface area contributed by atoms with E-state index in [1.165, 1.54) is 17.7 Å². The Morgan fingerprint density at radius 2 is 2.40 bits per heavy atom. The Balaban J connectivity index is 2.17. The monoisotopic (exact) mass is 243 g/mol. The maximum absolute atomic E-state index is 6.09. The van der Waals surface area contributed by atoms with E-state index in [1.807, 2.05) is 23.9 Å². The quantitative estimate of drug-likeness (QED) is 0.863. The largest absolute Gasteiger partial charge is 0.495 e. The fourth-order valence-corrected chi connectivity index (χ4v) is 3.01. The summed E-state index contributed by atoms with van der Waals surface area (Å²) >= 11 is 8.01. The molecule has 2 nitrogen and oxygen atoms in total. The van der Waals surface area contributed by atoms with Crippen molar-refractivity contribution in [2.24, 2.45) is 0 Å². The number of methoxy groups -OCH3 is 1. The van der Waals surface area contributed by atoms with Crippen molar-refractivity contribution >= 4 is 23.4 Å². The van der Waals surface area contributed by atoms with Crippen molar-refractivity contribution in [2.75, 3.05) is 19.4 Å². The third-order valence-corrected chi connectivity index (χ3v) is 4.01. The van der Waals surface area contributed by atoms with Gasteiger partial charge in [-0.25, -0.2) is 0 Å². The van der Waals surface area contributed by atoms with Crippen LogP contribution in [0.15, 0.2) is 18.2 Å². The maximum atomic E-state index is 6.09. The molecule has 1 saturated heterocycles. The highest BCUT2D eigenvalue weighted by molar-refractivity contribution is 7.99. The molecule has 1 aromatic rings. The number of thioether (sulfide) groups is 1. The predicted octanol–water partition coefficient (Wildman–Crippen LogP) is 3.07. The number of benzene rings is 1. The Morgan fingerprint density at radius 3 is 3.00 bits per heavy atom. The van der Waals surface area contributed by atoms with E-state index < -0.39 is 0 Å². The molecule has 15 heavy (non-hydrogen) atoms. The summed E-state index contributed by atoms with van der Waals surface area (Å²) in [6.45, 7) is 1.08. The van der Waals surface area contributed by atoms with Gasteiger partial charge in [-0.15, -0.1) is 11.8 Å². The van der Waals surface area contributed by atoms with Crippen LogP contribution in [0.1, 0.15) is 17.4 Å². The molecule has 2 rings (SSSR count). The molecule has 0 saturated carbocycles. The first kappa shape index (κ1) is 11.1. The Kier molecular flexibility index (Phi) is 3.78.